The number of ether oxygens (including phenoxy) is 9. The fourth-order valence-electron chi connectivity index (χ4n) is 7.64. The van der Waals surface area contributed by atoms with Gasteiger partial charge in [0, 0.05) is 12.2 Å². The highest BCUT2D eigenvalue weighted by atomic mass is 127. The highest BCUT2D eigenvalue weighted by molar-refractivity contribution is 14.1. The van der Waals surface area contributed by atoms with Crippen molar-refractivity contribution < 1.29 is 81.6 Å². The normalized spacial score (nSPS) is 10.3. The van der Waals surface area contributed by atoms with Gasteiger partial charge in [0.2, 0.25) is 0 Å². The lowest BCUT2D eigenvalue weighted by Crippen LogP contribution is -2.11. The molecule has 6 rings (SSSR count). The topological polar surface area (TPSA) is 226 Å². The zero-order chi connectivity index (χ0) is 63.7. The monoisotopic (exact) mass is 1430 g/mol. The van der Waals surface area contributed by atoms with Gasteiger partial charge >= 0.3 is 35.8 Å². The van der Waals surface area contributed by atoms with E-state index in [2.05, 4.69) is 27.0 Å². The molecule has 0 radical (unpaired) electrons. The van der Waals surface area contributed by atoms with Crippen LogP contribution in [0.25, 0.3) is 0 Å². The van der Waals surface area contributed by atoms with Crippen molar-refractivity contribution in [2.45, 2.75) is 110 Å². The molecule has 0 unspecified atom stereocenters. The van der Waals surface area contributed by atoms with E-state index >= 15 is 0 Å². The molecule has 0 heterocycles. The number of phenolic OH excluding ortho intramolecular Hbond substituents is 1. The van der Waals surface area contributed by atoms with Crippen molar-refractivity contribution in [1.29, 1.82) is 0 Å². The first kappa shape index (κ1) is 72.6. The molecule has 0 spiro atoms. The lowest BCUT2D eigenvalue weighted by Gasteiger charge is -2.10. The van der Waals surface area contributed by atoms with Gasteiger partial charge in [0.05, 0.1) is 69.0 Å². The molecular weight excluding hydrogens is 1350 g/mol. The molecule has 19 heteroatoms. The third-order valence-electron chi connectivity index (χ3n) is 12.5. The lowest BCUT2D eigenvalue weighted by atomic mass is 10.2. The van der Waals surface area contributed by atoms with Gasteiger partial charge in [0.15, 0.2) is 0 Å². The molecule has 17 nitrogen and oxygen atoms in total. The van der Waals surface area contributed by atoms with Gasteiger partial charge in [-0.3, -0.25) is 0 Å². The fourth-order valence-corrected chi connectivity index (χ4v) is 8.78. The number of hydrogen-bond donors (Lipinski definition) is 2. The second-order valence-electron chi connectivity index (χ2n) is 19.5. The summed E-state index contributed by atoms with van der Waals surface area (Å²) in [7, 11) is 0. The maximum absolute atomic E-state index is 12.7. The Morgan fingerprint density at radius 2 is 0.705 bits per heavy atom. The second-order valence-corrected chi connectivity index (χ2v) is 21.8. The van der Waals surface area contributed by atoms with Crippen molar-refractivity contribution in [3.05, 3.63) is 188 Å². The largest absolute Gasteiger partial charge is 0.507 e. The van der Waals surface area contributed by atoms with Gasteiger partial charge in [-0.2, -0.15) is 0 Å². The minimum Gasteiger partial charge on any atom is -0.507 e. The van der Waals surface area contributed by atoms with Gasteiger partial charge in [-0.15, -0.1) is 0 Å². The number of benzene rings is 6. The summed E-state index contributed by atoms with van der Waals surface area (Å²) < 4.78 is 50.0. The Balaban J connectivity index is 0.000000315. The molecule has 88 heavy (non-hydrogen) atoms. The number of carboxylic acids is 1. The summed E-state index contributed by atoms with van der Waals surface area (Å²) in [5, 5.41) is 18.2. The minimum absolute atomic E-state index is 0.146. The van der Waals surface area contributed by atoms with Crippen LogP contribution in [0.5, 0.6) is 46.0 Å². The Morgan fingerprint density at radius 1 is 0.386 bits per heavy atom. The van der Waals surface area contributed by atoms with Crippen LogP contribution in [0.2, 0.25) is 0 Å². The smallest absolute Gasteiger partial charge is 0.343 e. The maximum Gasteiger partial charge on any atom is 0.343 e. The van der Waals surface area contributed by atoms with E-state index in [9.17, 15) is 33.9 Å². The minimum atomic E-state index is -0.953. The molecule has 470 valence electrons. The number of halogens is 2. The number of aromatic carboxylic acids is 1. The van der Waals surface area contributed by atoms with E-state index in [-0.39, 0.29) is 11.3 Å². The van der Waals surface area contributed by atoms with Crippen LogP contribution in [0.1, 0.15) is 152 Å². The van der Waals surface area contributed by atoms with Crippen molar-refractivity contribution in [1.82, 2.24) is 0 Å². The van der Waals surface area contributed by atoms with Crippen LogP contribution in [0.3, 0.4) is 0 Å². The van der Waals surface area contributed by atoms with Gasteiger partial charge in [-0.05, 0) is 236 Å². The number of carboxylic acid groups (broad SMARTS) is 1. The maximum atomic E-state index is 12.7. The van der Waals surface area contributed by atoms with Gasteiger partial charge in [0.25, 0.3) is 0 Å². The molecule has 6 aromatic carbocycles. The highest BCUT2D eigenvalue weighted by Gasteiger charge is 2.16. The van der Waals surface area contributed by atoms with Gasteiger partial charge in [-0.25, -0.2) is 28.8 Å². The molecule has 0 amide bonds. The van der Waals surface area contributed by atoms with E-state index in [1.165, 1.54) is 56.4 Å². The Hall–Kier alpha value is -7.92. The number of aromatic hydroxyl groups is 1. The molecule has 0 aliphatic heterocycles. The summed E-state index contributed by atoms with van der Waals surface area (Å²) in [6, 6.07) is 36.4. The van der Waals surface area contributed by atoms with E-state index in [0.717, 1.165) is 87.9 Å². The molecular formula is C69H78I2O17. The Kier molecular flexibility index (Phi) is 35.3. The zero-order valence-corrected chi connectivity index (χ0v) is 54.2. The molecule has 0 aliphatic rings. The van der Waals surface area contributed by atoms with E-state index < -0.39 is 35.8 Å². The second kappa shape index (κ2) is 42.8. The number of phenols is 1. The predicted molar refractivity (Wildman–Crippen MR) is 352 cm³/mol. The quantitative estimate of drug-likeness (QED) is 0.0123. The van der Waals surface area contributed by atoms with Crippen LogP contribution in [0.15, 0.2) is 159 Å². The number of esters is 5. The molecule has 6 aromatic rings. The van der Waals surface area contributed by atoms with Crippen LogP contribution in [0.4, 0.5) is 0 Å². The molecule has 0 saturated heterocycles. The summed E-state index contributed by atoms with van der Waals surface area (Å²) in [6.07, 6.45) is 17.6. The zero-order valence-electron chi connectivity index (χ0n) is 49.9. The molecule has 0 saturated carbocycles. The molecule has 0 atom stereocenters. The number of carbonyl (C=O) groups is 6. The van der Waals surface area contributed by atoms with E-state index in [1.807, 2.05) is 45.2 Å². The predicted octanol–water partition coefficient (Wildman–Crippen LogP) is 16.2. The van der Waals surface area contributed by atoms with Crippen molar-refractivity contribution >= 4 is 81.0 Å². The molecule has 0 bridgehead atoms. The summed E-state index contributed by atoms with van der Waals surface area (Å²) in [6.45, 7) is 14.3. The summed E-state index contributed by atoms with van der Waals surface area (Å²) >= 11 is 3.99. The summed E-state index contributed by atoms with van der Waals surface area (Å²) in [5.74, 6) is 0.916. The number of carbonyl (C=O) groups excluding carboxylic acids is 5. The first-order chi connectivity index (χ1) is 42.6. The standard InChI is InChI=1S/C35H39IO8.C19H21IO4.C15H18O5/c1-3-5-6-9-22-41-29-17-19-30(20-18-29)43-35(39)27-14-21-32(31(36)25-27)44-34(38)26-12-15-28(16-13-26)40-23-10-7-8-11-24-42-33(37)4-2;1-2-3-4-5-12-23-15-7-9-16(10-8-15)24-19(22)14-6-11-18(21)17(20)13-14;1-2-14(16)20-11-5-3-4-10-19-13-8-6-12(7-9-13)15(17)18/h4,12-21,25H,2-3,5-11,22-24H2,1H3;6-11,13,21H,2-5,12H2,1H3;2,6-9H,1,3-5,10-11H2,(H,17,18). The van der Waals surface area contributed by atoms with Crippen LogP contribution in [0, 0.1) is 7.14 Å². The number of rotatable bonds is 36. The SMILES string of the molecule is C=CC(=O)OCCCCCCOc1ccc(C(=O)Oc2ccc(C(=O)Oc3ccc(OCCCCCC)cc3)cc2I)cc1.C=CC(=O)OCCCCCOc1ccc(C(=O)O)cc1.CCCCCCOc1ccc(OC(=O)c2ccc(O)c(I)c2)cc1. The Bertz CT molecular complexity index is 3090. The third-order valence-corrected chi connectivity index (χ3v) is 14.2. The molecule has 2 N–H and O–H groups in total. The van der Waals surface area contributed by atoms with Crippen molar-refractivity contribution in [2.75, 3.05) is 39.6 Å². The van der Waals surface area contributed by atoms with Crippen LogP contribution < -0.4 is 33.2 Å². The van der Waals surface area contributed by atoms with Gasteiger partial charge < -0.3 is 52.8 Å². The highest BCUT2D eigenvalue weighted by Crippen LogP contribution is 2.27. The first-order valence-corrected chi connectivity index (χ1v) is 31.5. The summed E-state index contributed by atoms with van der Waals surface area (Å²) in [4.78, 5) is 69.9. The average molecular weight is 1430 g/mol. The van der Waals surface area contributed by atoms with E-state index in [0.29, 0.717) is 92.2 Å². The Labute approximate surface area is 542 Å². The van der Waals surface area contributed by atoms with Crippen molar-refractivity contribution in [2.24, 2.45) is 0 Å². The summed E-state index contributed by atoms with van der Waals surface area (Å²) in [5.41, 5.74) is 1.34. The van der Waals surface area contributed by atoms with Crippen LogP contribution in [-0.4, -0.2) is 85.7 Å². The fraction of sp³-hybridized carbons (Fsp3) is 0.333. The molecule has 0 fully saturated rings. The van der Waals surface area contributed by atoms with Gasteiger partial charge in [-0.1, -0.05) is 65.5 Å². The number of unbranched alkanes of at least 4 members (excludes halogenated alkanes) is 11. The molecule has 0 aromatic heterocycles. The van der Waals surface area contributed by atoms with E-state index in [1.54, 1.807) is 109 Å². The lowest BCUT2D eigenvalue weighted by molar-refractivity contribution is -0.138. The van der Waals surface area contributed by atoms with Crippen molar-refractivity contribution in [3.63, 3.8) is 0 Å². The first-order valence-electron chi connectivity index (χ1n) is 29.3. The van der Waals surface area contributed by atoms with Crippen LogP contribution in [-0.2, 0) is 19.1 Å². The molecule has 0 aliphatic carbocycles. The Morgan fingerprint density at radius 3 is 1.08 bits per heavy atom. The van der Waals surface area contributed by atoms with Crippen LogP contribution >= 0.6 is 45.2 Å². The average Bonchev–Trinajstić information content (AvgIpc) is 3.18. The third kappa shape index (κ3) is 29.7. The number of hydrogen-bond acceptors (Lipinski definition) is 16. The van der Waals surface area contributed by atoms with E-state index in [4.69, 9.17) is 47.7 Å². The van der Waals surface area contributed by atoms with Crippen molar-refractivity contribution in [3.8, 4) is 46.0 Å². The van der Waals surface area contributed by atoms with Gasteiger partial charge in [0.1, 0.15) is 46.0 Å².